The Balaban J connectivity index is 2.11. The van der Waals surface area contributed by atoms with E-state index in [2.05, 4.69) is 118 Å². The molecular weight excluding hydrogens is 368 g/mol. The number of benzene rings is 2. The summed E-state index contributed by atoms with van der Waals surface area (Å²) in [5.74, 6) is 0. The normalized spacial score (nSPS) is 16.9. The standard InChI is InChI=1S/C26H31N2Si/c1-18-10-8-9-11-21(18)26-22-14-12-19(27(2)3)16-24(22)29(6,7)25-17-20(28(4)5)13-15-23(25)26/h8-17H,1-7H3/q+1. The molecule has 0 amide bonds. The third-order valence-electron chi connectivity index (χ3n) is 6.34. The van der Waals surface area contributed by atoms with Gasteiger partial charge in [-0.2, -0.15) is 0 Å². The maximum atomic E-state index is 2.50. The molecule has 3 heteroatoms. The Morgan fingerprint density at radius 1 is 0.897 bits per heavy atom. The first-order chi connectivity index (χ1) is 13.7. The van der Waals surface area contributed by atoms with Gasteiger partial charge in [0.25, 0.3) is 0 Å². The van der Waals surface area contributed by atoms with Crippen molar-refractivity contribution >= 4 is 30.2 Å². The largest absolute Gasteiger partial charge is 0.378 e. The highest BCUT2D eigenvalue weighted by atomic mass is 28.3. The molecule has 29 heavy (non-hydrogen) atoms. The summed E-state index contributed by atoms with van der Waals surface area (Å²) in [7, 11) is 6.66. The van der Waals surface area contributed by atoms with Crippen molar-refractivity contribution in [3.05, 3.63) is 88.2 Å². The van der Waals surface area contributed by atoms with Crippen LogP contribution in [0.3, 0.4) is 0 Å². The van der Waals surface area contributed by atoms with Crippen LogP contribution in [0.4, 0.5) is 5.69 Å². The van der Waals surface area contributed by atoms with E-state index in [0.717, 1.165) is 0 Å². The molecule has 2 aromatic carbocycles. The van der Waals surface area contributed by atoms with Gasteiger partial charge in [0.2, 0.25) is 0 Å². The molecule has 0 saturated carbocycles. The van der Waals surface area contributed by atoms with E-state index in [9.17, 15) is 0 Å². The van der Waals surface area contributed by atoms with E-state index in [4.69, 9.17) is 0 Å². The summed E-state index contributed by atoms with van der Waals surface area (Å²) in [6.45, 7) is 7.22. The predicted molar refractivity (Wildman–Crippen MR) is 129 cm³/mol. The second kappa shape index (κ2) is 6.99. The van der Waals surface area contributed by atoms with Gasteiger partial charge in [-0.15, -0.1) is 0 Å². The highest BCUT2D eigenvalue weighted by Gasteiger charge is 2.40. The summed E-state index contributed by atoms with van der Waals surface area (Å²) in [4.78, 5) is 2.21. The molecule has 0 radical (unpaired) electrons. The molecule has 148 valence electrons. The van der Waals surface area contributed by atoms with Gasteiger partial charge in [0.15, 0.2) is 5.71 Å². The average molecular weight is 400 g/mol. The monoisotopic (exact) mass is 399 g/mol. The van der Waals surface area contributed by atoms with Crippen LogP contribution in [0.1, 0.15) is 16.7 Å². The van der Waals surface area contributed by atoms with Gasteiger partial charge in [-0.1, -0.05) is 43.4 Å². The smallest absolute Gasteiger partial charge is 0.199 e. The van der Waals surface area contributed by atoms with Crippen LogP contribution < -0.4 is 10.1 Å². The van der Waals surface area contributed by atoms with Crippen molar-refractivity contribution in [1.82, 2.24) is 0 Å². The zero-order valence-corrected chi connectivity index (χ0v) is 19.7. The van der Waals surface area contributed by atoms with Crippen molar-refractivity contribution in [2.24, 2.45) is 0 Å². The molecule has 1 aliphatic carbocycles. The molecule has 2 aromatic rings. The Morgan fingerprint density at radius 3 is 2.28 bits per heavy atom. The molecule has 4 rings (SSSR count). The lowest BCUT2D eigenvalue weighted by Gasteiger charge is -2.38. The van der Waals surface area contributed by atoms with Crippen LogP contribution in [-0.2, 0) is 0 Å². The van der Waals surface area contributed by atoms with Gasteiger partial charge < -0.3 is 4.90 Å². The summed E-state index contributed by atoms with van der Waals surface area (Å²) in [6, 6.07) is 15.8. The van der Waals surface area contributed by atoms with Crippen LogP contribution in [0.2, 0.25) is 13.1 Å². The molecule has 2 nitrogen and oxygen atoms in total. The van der Waals surface area contributed by atoms with Gasteiger partial charge >= 0.3 is 0 Å². The van der Waals surface area contributed by atoms with E-state index in [1.165, 1.54) is 49.6 Å². The van der Waals surface area contributed by atoms with E-state index < -0.39 is 8.07 Å². The van der Waals surface area contributed by atoms with E-state index in [1.807, 2.05) is 0 Å². The first kappa shape index (κ1) is 19.7. The quantitative estimate of drug-likeness (QED) is 0.531. The van der Waals surface area contributed by atoms with E-state index in [0.29, 0.717) is 0 Å². The molecule has 0 spiro atoms. The van der Waals surface area contributed by atoms with Crippen LogP contribution in [-0.4, -0.2) is 46.6 Å². The SMILES string of the molecule is Cc1ccccc1C1=C2C=CC(=[N+](C)C)C=C2[Si](C)(C)c2cc(N(C)C)ccc21. The van der Waals surface area contributed by atoms with E-state index >= 15 is 0 Å². The van der Waals surface area contributed by atoms with Crippen molar-refractivity contribution < 1.29 is 4.58 Å². The molecule has 1 heterocycles. The van der Waals surface area contributed by atoms with Crippen molar-refractivity contribution in [3.63, 3.8) is 0 Å². The number of fused-ring (bicyclic) bond motifs is 2. The number of hydrogen-bond acceptors (Lipinski definition) is 1. The predicted octanol–water partition coefficient (Wildman–Crippen LogP) is 4.54. The maximum Gasteiger partial charge on any atom is 0.199 e. The molecule has 0 aromatic heterocycles. The van der Waals surface area contributed by atoms with Crippen LogP contribution in [0.5, 0.6) is 0 Å². The Labute approximate surface area is 176 Å². The molecule has 0 fully saturated rings. The first-order valence-electron chi connectivity index (χ1n) is 10.3. The Bertz CT molecular complexity index is 1120. The highest BCUT2D eigenvalue weighted by molar-refractivity contribution is 6.98. The lowest BCUT2D eigenvalue weighted by Crippen LogP contribution is -2.49. The second-order valence-electron chi connectivity index (χ2n) is 9.06. The van der Waals surface area contributed by atoms with Crippen LogP contribution in [0.15, 0.2) is 71.5 Å². The minimum atomic E-state index is -1.85. The number of rotatable bonds is 2. The number of aryl methyl sites for hydroxylation is 1. The van der Waals surface area contributed by atoms with Gasteiger partial charge in [0, 0.05) is 31.9 Å². The fourth-order valence-electron chi connectivity index (χ4n) is 4.52. The highest BCUT2D eigenvalue weighted by Crippen LogP contribution is 2.42. The summed E-state index contributed by atoms with van der Waals surface area (Å²) in [6.07, 6.45) is 7.05. The Hall–Kier alpha value is -2.65. The van der Waals surface area contributed by atoms with Crippen molar-refractivity contribution in [2.45, 2.75) is 20.0 Å². The van der Waals surface area contributed by atoms with Gasteiger partial charge in [-0.25, -0.2) is 4.58 Å². The van der Waals surface area contributed by atoms with Crippen LogP contribution in [0, 0.1) is 6.92 Å². The van der Waals surface area contributed by atoms with Crippen LogP contribution in [0.25, 0.3) is 5.57 Å². The summed E-state index contributed by atoms with van der Waals surface area (Å²) in [5, 5.41) is 3.07. The summed E-state index contributed by atoms with van der Waals surface area (Å²) in [5.41, 5.74) is 9.43. The Morgan fingerprint density at radius 2 is 1.62 bits per heavy atom. The topological polar surface area (TPSA) is 6.25 Å². The van der Waals surface area contributed by atoms with Gasteiger partial charge in [0.05, 0.1) is 0 Å². The van der Waals surface area contributed by atoms with Gasteiger partial charge in [0.1, 0.15) is 22.2 Å². The molecule has 0 saturated heterocycles. The van der Waals surface area contributed by atoms with Gasteiger partial charge in [-0.05, 0) is 63.4 Å². The van der Waals surface area contributed by atoms with E-state index in [-0.39, 0.29) is 0 Å². The van der Waals surface area contributed by atoms with Crippen molar-refractivity contribution in [2.75, 3.05) is 33.1 Å². The van der Waals surface area contributed by atoms with E-state index in [1.54, 1.807) is 0 Å². The fraction of sp³-hybridized carbons (Fsp3) is 0.269. The molecule has 0 N–H and O–H groups in total. The lowest BCUT2D eigenvalue weighted by molar-refractivity contribution is -0.462. The first-order valence-corrected chi connectivity index (χ1v) is 13.3. The minimum Gasteiger partial charge on any atom is -0.378 e. The van der Waals surface area contributed by atoms with Crippen LogP contribution >= 0.6 is 0 Å². The average Bonchev–Trinajstić information content (AvgIpc) is 2.69. The number of hydrogen-bond donors (Lipinski definition) is 0. The number of allylic oxidation sites excluding steroid dienone is 5. The maximum absolute atomic E-state index is 2.50. The zero-order valence-electron chi connectivity index (χ0n) is 18.7. The lowest BCUT2D eigenvalue weighted by atomic mass is 9.87. The molecular formula is C26H31N2Si+. The number of nitrogens with zero attached hydrogens (tertiary/aromatic N) is 2. The van der Waals surface area contributed by atoms with Gasteiger partial charge in [-0.3, -0.25) is 0 Å². The summed E-state index contributed by atoms with van der Waals surface area (Å²) >= 11 is 0. The third-order valence-corrected chi connectivity index (χ3v) is 9.86. The second-order valence-corrected chi connectivity index (χ2v) is 13.4. The molecule has 0 atom stereocenters. The molecule has 0 bridgehead atoms. The summed E-state index contributed by atoms with van der Waals surface area (Å²) < 4.78 is 2.21. The molecule has 1 aliphatic heterocycles. The number of anilines is 1. The fourth-order valence-corrected chi connectivity index (χ4v) is 7.60. The zero-order chi connectivity index (χ0) is 20.9. The van der Waals surface area contributed by atoms with Crippen molar-refractivity contribution in [1.29, 1.82) is 0 Å². The molecule has 0 unspecified atom stereocenters. The molecule has 2 aliphatic rings. The Kier molecular flexibility index (Phi) is 4.74. The third kappa shape index (κ3) is 3.14. The van der Waals surface area contributed by atoms with Crippen molar-refractivity contribution in [3.8, 4) is 0 Å². The minimum absolute atomic E-state index is 1.28.